The first-order valence-electron chi connectivity index (χ1n) is 4.80. The number of alkyl halides is 1. The number of hydrogen-bond acceptors (Lipinski definition) is 3. The molecule has 4 heteroatoms. The normalized spacial score (nSPS) is 10.4. The van der Waals surface area contributed by atoms with Crippen LogP contribution in [0.3, 0.4) is 0 Å². The number of benzene rings is 1. The molecule has 0 heterocycles. The summed E-state index contributed by atoms with van der Waals surface area (Å²) in [7, 11) is 1.35. The molecule has 0 fully saturated rings. The standard InChI is InChI=1S/C12H13ClO3/c1-15-12(14)10-4-6-11(7-5-10)16-9-3-2-8-13/h2-7H,8-9H2,1H3. The number of hydrogen-bond donors (Lipinski definition) is 0. The molecule has 3 nitrogen and oxygen atoms in total. The zero-order chi connectivity index (χ0) is 11.8. The number of methoxy groups -OCH3 is 1. The summed E-state index contributed by atoms with van der Waals surface area (Å²) < 4.78 is 9.96. The van der Waals surface area contributed by atoms with E-state index in [9.17, 15) is 4.79 Å². The predicted molar refractivity (Wildman–Crippen MR) is 63.1 cm³/mol. The van der Waals surface area contributed by atoms with Crippen LogP contribution in [0.4, 0.5) is 0 Å². The highest BCUT2D eigenvalue weighted by Gasteiger charge is 2.03. The first kappa shape index (κ1) is 12.6. The molecule has 16 heavy (non-hydrogen) atoms. The van der Waals surface area contributed by atoms with Gasteiger partial charge in [0.2, 0.25) is 0 Å². The molecule has 0 aromatic heterocycles. The number of carbonyl (C=O) groups excluding carboxylic acids is 1. The third-order valence-electron chi connectivity index (χ3n) is 1.88. The summed E-state index contributed by atoms with van der Waals surface area (Å²) in [6.07, 6.45) is 3.64. The molecule has 0 aliphatic carbocycles. The van der Waals surface area contributed by atoms with Crippen LogP contribution in [0.25, 0.3) is 0 Å². The van der Waals surface area contributed by atoms with E-state index in [0.29, 0.717) is 23.8 Å². The Bertz CT molecular complexity index is 357. The van der Waals surface area contributed by atoms with Crippen molar-refractivity contribution in [3.05, 3.63) is 42.0 Å². The van der Waals surface area contributed by atoms with Gasteiger partial charge in [0.25, 0.3) is 0 Å². The molecular weight excluding hydrogens is 228 g/mol. The maximum Gasteiger partial charge on any atom is 0.337 e. The van der Waals surface area contributed by atoms with E-state index < -0.39 is 0 Å². The Morgan fingerprint density at radius 2 is 2.00 bits per heavy atom. The molecule has 0 amide bonds. The van der Waals surface area contributed by atoms with Crippen molar-refractivity contribution in [2.75, 3.05) is 19.6 Å². The van der Waals surface area contributed by atoms with E-state index in [1.807, 2.05) is 12.2 Å². The molecular formula is C12H13ClO3. The molecule has 0 bridgehead atoms. The molecule has 1 aromatic carbocycles. The van der Waals surface area contributed by atoms with Crippen molar-refractivity contribution >= 4 is 17.6 Å². The second-order valence-corrected chi connectivity index (χ2v) is 3.26. The topological polar surface area (TPSA) is 35.5 Å². The minimum Gasteiger partial charge on any atom is -0.490 e. The molecule has 0 atom stereocenters. The molecule has 0 saturated heterocycles. The van der Waals surface area contributed by atoms with Gasteiger partial charge in [0.15, 0.2) is 0 Å². The summed E-state index contributed by atoms with van der Waals surface area (Å²) in [4.78, 5) is 11.1. The lowest BCUT2D eigenvalue weighted by atomic mass is 10.2. The maximum absolute atomic E-state index is 11.1. The fourth-order valence-electron chi connectivity index (χ4n) is 1.08. The van der Waals surface area contributed by atoms with E-state index in [0.717, 1.165) is 0 Å². The Kier molecular flexibility index (Phi) is 5.43. The monoisotopic (exact) mass is 240 g/mol. The number of esters is 1. The van der Waals surface area contributed by atoms with E-state index >= 15 is 0 Å². The summed E-state index contributed by atoms with van der Waals surface area (Å²) in [6.45, 7) is 0.463. The van der Waals surface area contributed by atoms with E-state index in [2.05, 4.69) is 4.74 Å². The fourth-order valence-corrected chi connectivity index (χ4v) is 1.21. The van der Waals surface area contributed by atoms with Crippen molar-refractivity contribution in [1.29, 1.82) is 0 Å². The molecule has 0 unspecified atom stereocenters. The quantitative estimate of drug-likeness (QED) is 0.451. The average molecular weight is 241 g/mol. The van der Waals surface area contributed by atoms with Crippen LogP contribution in [0.5, 0.6) is 5.75 Å². The first-order chi connectivity index (χ1) is 7.77. The Labute approximate surface area is 99.6 Å². The zero-order valence-electron chi connectivity index (χ0n) is 8.98. The van der Waals surface area contributed by atoms with Gasteiger partial charge in [0.05, 0.1) is 12.7 Å². The summed E-state index contributed by atoms with van der Waals surface area (Å²) >= 11 is 5.46. The lowest BCUT2D eigenvalue weighted by Gasteiger charge is -2.03. The van der Waals surface area contributed by atoms with Gasteiger partial charge in [-0.2, -0.15) is 0 Å². The lowest BCUT2D eigenvalue weighted by Crippen LogP contribution is -2.01. The highest BCUT2D eigenvalue weighted by Crippen LogP contribution is 2.12. The van der Waals surface area contributed by atoms with Gasteiger partial charge in [-0.1, -0.05) is 12.2 Å². The SMILES string of the molecule is COC(=O)c1ccc(OCC=CCCl)cc1. The highest BCUT2D eigenvalue weighted by atomic mass is 35.5. The molecule has 86 valence electrons. The number of halogens is 1. The molecule has 0 saturated carbocycles. The van der Waals surface area contributed by atoms with Gasteiger partial charge < -0.3 is 9.47 Å². The van der Waals surface area contributed by atoms with Gasteiger partial charge in [0.1, 0.15) is 12.4 Å². The van der Waals surface area contributed by atoms with Crippen molar-refractivity contribution < 1.29 is 14.3 Å². The van der Waals surface area contributed by atoms with Crippen LogP contribution in [-0.4, -0.2) is 25.6 Å². The largest absolute Gasteiger partial charge is 0.490 e. The Hall–Kier alpha value is -1.48. The second-order valence-electron chi connectivity index (χ2n) is 2.95. The summed E-state index contributed by atoms with van der Waals surface area (Å²) in [5, 5.41) is 0. The third-order valence-corrected chi connectivity index (χ3v) is 2.06. The molecule has 0 spiro atoms. The second kappa shape index (κ2) is 6.90. The van der Waals surface area contributed by atoms with Crippen LogP contribution < -0.4 is 4.74 Å². The van der Waals surface area contributed by atoms with Crippen LogP contribution in [0.1, 0.15) is 10.4 Å². The van der Waals surface area contributed by atoms with Crippen LogP contribution in [-0.2, 0) is 4.74 Å². The van der Waals surface area contributed by atoms with Crippen LogP contribution >= 0.6 is 11.6 Å². The van der Waals surface area contributed by atoms with Crippen molar-refractivity contribution in [2.24, 2.45) is 0 Å². The molecule has 0 N–H and O–H groups in total. The van der Waals surface area contributed by atoms with Crippen LogP contribution in [0.15, 0.2) is 36.4 Å². The van der Waals surface area contributed by atoms with Crippen molar-refractivity contribution in [1.82, 2.24) is 0 Å². The van der Waals surface area contributed by atoms with Crippen molar-refractivity contribution in [3.63, 3.8) is 0 Å². The maximum atomic E-state index is 11.1. The smallest absolute Gasteiger partial charge is 0.337 e. The zero-order valence-corrected chi connectivity index (χ0v) is 9.74. The lowest BCUT2D eigenvalue weighted by molar-refractivity contribution is 0.0600. The molecule has 0 aliphatic heterocycles. The van der Waals surface area contributed by atoms with Crippen molar-refractivity contribution in [3.8, 4) is 5.75 Å². The first-order valence-corrected chi connectivity index (χ1v) is 5.33. The van der Waals surface area contributed by atoms with Crippen LogP contribution in [0, 0.1) is 0 Å². The van der Waals surface area contributed by atoms with Gasteiger partial charge in [-0.05, 0) is 24.3 Å². The van der Waals surface area contributed by atoms with E-state index in [4.69, 9.17) is 16.3 Å². The van der Waals surface area contributed by atoms with Gasteiger partial charge >= 0.3 is 5.97 Å². The van der Waals surface area contributed by atoms with E-state index in [1.54, 1.807) is 24.3 Å². The molecule has 1 rings (SSSR count). The molecule has 0 radical (unpaired) electrons. The minimum absolute atomic E-state index is 0.353. The Balaban J connectivity index is 2.51. The van der Waals surface area contributed by atoms with Gasteiger partial charge in [0, 0.05) is 5.88 Å². The van der Waals surface area contributed by atoms with E-state index in [1.165, 1.54) is 7.11 Å². The van der Waals surface area contributed by atoms with Gasteiger partial charge in [-0.25, -0.2) is 4.79 Å². The number of carbonyl (C=O) groups is 1. The van der Waals surface area contributed by atoms with Crippen LogP contribution in [0.2, 0.25) is 0 Å². The number of ether oxygens (including phenoxy) is 2. The number of allylic oxidation sites excluding steroid dienone is 1. The third kappa shape index (κ3) is 3.95. The summed E-state index contributed by atoms with van der Waals surface area (Å²) in [5.74, 6) is 0.824. The minimum atomic E-state index is -0.353. The molecule has 0 aliphatic rings. The Morgan fingerprint density at radius 1 is 1.31 bits per heavy atom. The highest BCUT2D eigenvalue weighted by molar-refractivity contribution is 6.18. The van der Waals surface area contributed by atoms with Gasteiger partial charge in [-0.15, -0.1) is 11.6 Å². The molecule has 1 aromatic rings. The van der Waals surface area contributed by atoms with Crippen molar-refractivity contribution in [2.45, 2.75) is 0 Å². The summed E-state index contributed by atoms with van der Waals surface area (Å²) in [6, 6.07) is 6.76. The summed E-state index contributed by atoms with van der Waals surface area (Å²) in [5.41, 5.74) is 0.506. The average Bonchev–Trinajstić information content (AvgIpc) is 2.34. The Morgan fingerprint density at radius 3 is 2.56 bits per heavy atom. The fraction of sp³-hybridized carbons (Fsp3) is 0.250. The number of rotatable bonds is 5. The van der Waals surface area contributed by atoms with Gasteiger partial charge in [-0.3, -0.25) is 0 Å². The predicted octanol–water partition coefficient (Wildman–Crippen LogP) is 2.65. The van der Waals surface area contributed by atoms with E-state index in [-0.39, 0.29) is 5.97 Å².